The highest BCUT2D eigenvalue weighted by Crippen LogP contribution is 2.55. The van der Waals surface area contributed by atoms with Crippen molar-refractivity contribution in [2.24, 2.45) is 0 Å². The average molecular weight is 344 g/mol. The molecule has 26 heavy (non-hydrogen) atoms. The van der Waals surface area contributed by atoms with Crippen LogP contribution in [0, 0.1) is 0 Å². The van der Waals surface area contributed by atoms with Gasteiger partial charge in [-0.15, -0.1) is 0 Å². The van der Waals surface area contributed by atoms with Crippen LogP contribution >= 0.6 is 0 Å². The molecule has 0 amide bonds. The first-order chi connectivity index (χ1) is 12.7. The van der Waals surface area contributed by atoms with Gasteiger partial charge in [-0.2, -0.15) is 0 Å². The molecule has 1 N–H and O–H groups in total. The fourth-order valence-electron chi connectivity index (χ4n) is 4.14. The van der Waals surface area contributed by atoms with Crippen molar-refractivity contribution in [1.82, 2.24) is 0 Å². The van der Waals surface area contributed by atoms with Gasteiger partial charge in [0.05, 0.1) is 18.8 Å². The molecule has 0 saturated heterocycles. The summed E-state index contributed by atoms with van der Waals surface area (Å²) >= 11 is 0. The summed E-state index contributed by atoms with van der Waals surface area (Å²) in [5, 5.41) is 11.1. The van der Waals surface area contributed by atoms with E-state index in [1.807, 2.05) is 54.6 Å². The average Bonchev–Trinajstić information content (AvgIpc) is 2.68. The smallest absolute Gasteiger partial charge is 0.0915 e. The summed E-state index contributed by atoms with van der Waals surface area (Å²) in [4.78, 5) is 0. The van der Waals surface area contributed by atoms with Crippen molar-refractivity contribution in [2.45, 2.75) is 30.5 Å². The van der Waals surface area contributed by atoms with E-state index in [0.29, 0.717) is 26.1 Å². The fourth-order valence-corrected chi connectivity index (χ4v) is 4.14. The summed E-state index contributed by atoms with van der Waals surface area (Å²) in [6.07, 6.45) is 1.37. The second-order valence-electron chi connectivity index (χ2n) is 7.38. The van der Waals surface area contributed by atoms with E-state index in [1.165, 1.54) is 11.1 Å². The first-order valence-electron chi connectivity index (χ1n) is 9.15. The van der Waals surface area contributed by atoms with Crippen molar-refractivity contribution in [1.29, 1.82) is 0 Å². The molecule has 0 atom stereocenters. The van der Waals surface area contributed by atoms with Crippen LogP contribution in [0.1, 0.15) is 29.5 Å². The number of hydrogen-bond acceptors (Lipinski definition) is 2. The quantitative estimate of drug-likeness (QED) is 0.694. The Bertz CT molecular complexity index is 822. The van der Waals surface area contributed by atoms with Crippen LogP contribution < -0.4 is 0 Å². The summed E-state index contributed by atoms with van der Waals surface area (Å²) in [5.41, 5.74) is 2.50. The lowest BCUT2D eigenvalue weighted by Crippen LogP contribution is -2.55. The largest absolute Gasteiger partial charge is 0.385 e. The normalized spacial score (nSPS) is 24.8. The molecule has 0 heterocycles. The van der Waals surface area contributed by atoms with Gasteiger partial charge in [0, 0.05) is 5.41 Å². The van der Waals surface area contributed by atoms with E-state index < -0.39 is 5.60 Å². The van der Waals surface area contributed by atoms with E-state index in [4.69, 9.17) is 4.74 Å². The second kappa shape index (κ2) is 7.06. The molecule has 0 unspecified atom stereocenters. The SMILES string of the molecule is OC1(c2ccccc2)CC(COCc2ccccc2)(c2ccccc2)C1. The van der Waals surface area contributed by atoms with Crippen molar-refractivity contribution in [3.8, 4) is 0 Å². The van der Waals surface area contributed by atoms with Gasteiger partial charge in [-0.1, -0.05) is 91.0 Å². The van der Waals surface area contributed by atoms with Gasteiger partial charge in [0.1, 0.15) is 0 Å². The highest BCUT2D eigenvalue weighted by Gasteiger charge is 2.55. The van der Waals surface area contributed by atoms with Gasteiger partial charge < -0.3 is 9.84 Å². The summed E-state index contributed by atoms with van der Waals surface area (Å²) < 4.78 is 6.10. The number of benzene rings is 3. The third-order valence-electron chi connectivity index (χ3n) is 5.45. The van der Waals surface area contributed by atoms with Gasteiger partial charge >= 0.3 is 0 Å². The zero-order valence-electron chi connectivity index (χ0n) is 14.8. The molecule has 1 saturated carbocycles. The van der Waals surface area contributed by atoms with Crippen molar-refractivity contribution in [3.05, 3.63) is 108 Å². The first kappa shape index (κ1) is 17.0. The van der Waals surface area contributed by atoms with E-state index in [-0.39, 0.29) is 5.41 Å². The van der Waals surface area contributed by atoms with Crippen LogP contribution in [-0.2, 0) is 22.4 Å². The van der Waals surface area contributed by atoms with Gasteiger partial charge in [0.2, 0.25) is 0 Å². The van der Waals surface area contributed by atoms with Crippen molar-refractivity contribution in [3.63, 3.8) is 0 Å². The molecule has 0 spiro atoms. The predicted molar refractivity (Wildman–Crippen MR) is 104 cm³/mol. The third kappa shape index (κ3) is 3.31. The van der Waals surface area contributed by atoms with Crippen LogP contribution in [0.3, 0.4) is 0 Å². The summed E-state index contributed by atoms with van der Waals surface area (Å²) in [5.74, 6) is 0. The molecule has 0 bridgehead atoms. The Balaban J connectivity index is 1.51. The van der Waals surface area contributed by atoms with E-state index in [1.54, 1.807) is 0 Å². The van der Waals surface area contributed by atoms with Gasteiger partial charge in [-0.25, -0.2) is 0 Å². The van der Waals surface area contributed by atoms with E-state index in [9.17, 15) is 5.11 Å². The number of ether oxygens (including phenoxy) is 1. The van der Waals surface area contributed by atoms with Crippen LogP contribution in [-0.4, -0.2) is 11.7 Å². The highest BCUT2D eigenvalue weighted by atomic mass is 16.5. The Kier molecular flexibility index (Phi) is 4.62. The van der Waals surface area contributed by atoms with Gasteiger partial charge in [-0.3, -0.25) is 0 Å². The van der Waals surface area contributed by atoms with Gasteiger partial charge in [-0.05, 0) is 29.5 Å². The Labute approximate surface area is 155 Å². The van der Waals surface area contributed by atoms with Crippen LogP contribution in [0.2, 0.25) is 0 Å². The Morgan fingerprint density at radius 3 is 1.77 bits per heavy atom. The molecule has 0 aliphatic heterocycles. The van der Waals surface area contributed by atoms with Gasteiger partial charge in [0.25, 0.3) is 0 Å². The number of aliphatic hydroxyl groups is 1. The van der Waals surface area contributed by atoms with Crippen molar-refractivity contribution >= 4 is 0 Å². The monoisotopic (exact) mass is 344 g/mol. The minimum absolute atomic E-state index is 0.138. The van der Waals surface area contributed by atoms with Crippen molar-refractivity contribution in [2.75, 3.05) is 6.61 Å². The van der Waals surface area contributed by atoms with Crippen LogP contribution in [0.25, 0.3) is 0 Å². The Morgan fingerprint density at radius 1 is 0.692 bits per heavy atom. The minimum atomic E-state index is -0.771. The number of hydrogen-bond donors (Lipinski definition) is 1. The molecule has 1 fully saturated rings. The maximum Gasteiger partial charge on any atom is 0.0915 e. The minimum Gasteiger partial charge on any atom is -0.385 e. The lowest BCUT2D eigenvalue weighted by atomic mass is 9.54. The van der Waals surface area contributed by atoms with Crippen LogP contribution in [0.15, 0.2) is 91.0 Å². The molecule has 0 aromatic heterocycles. The Morgan fingerprint density at radius 2 is 1.19 bits per heavy atom. The topological polar surface area (TPSA) is 29.5 Å². The standard InChI is InChI=1S/C24H24O2/c25-24(22-14-8-3-9-15-22)17-23(18-24,21-12-6-2-7-13-21)19-26-16-20-10-4-1-5-11-20/h1-15,25H,16-19H2. The summed E-state index contributed by atoms with van der Waals surface area (Å²) in [6.45, 7) is 1.21. The highest BCUT2D eigenvalue weighted by molar-refractivity contribution is 5.37. The molecule has 4 rings (SSSR count). The van der Waals surface area contributed by atoms with Crippen LogP contribution in [0.5, 0.6) is 0 Å². The van der Waals surface area contributed by atoms with E-state index >= 15 is 0 Å². The predicted octanol–water partition coefficient (Wildman–Crippen LogP) is 4.82. The Hall–Kier alpha value is -2.42. The lowest BCUT2D eigenvalue weighted by Gasteiger charge is -2.54. The van der Waals surface area contributed by atoms with Crippen LogP contribution in [0.4, 0.5) is 0 Å². The van der Waals surface area contributed by atoms with E-state index in [0.717, 1.165) is 5.56 Å². The number of rotatable bonds is 6. The molecule has 3 aromatic carbocycles. The van der Waals surface area contributed by atoms with E-state index in [2.05, 4.69) is 36.4 Å². The molecule has 0 radical (unpaired) electrons. The molecule has 3 aromatic rings. The summed E-state index contributed by atoms with van der Waals surface area (Å²) in [6, 6.07) is 30.7. The molecule has 2 nitrogen and oxygen atoms in total. The first-order valence-corrected chi connectivity index (χ1v) is 9.15. The third-order valence-corrected chi connectivity index (χ3v) is 5.45. The molecular weight excluding hydrogens is 320 g/mol. The summed E-state index contributed by atoms with van der Waals surface area (Å²) in [7, 11) is 0. The molecule has 132 valence electrons. The fraction of sp³-hybridized carbons (Fsp3) is 0.250. The molecule has 1 aliphatic carbocycles. The lowest BCUT2D eigenvalue weighted by molar-refractivity contribution is -0.124. The molecule has 1 aliphatic rings. The maximum atomic E-state index is 11.1. The molecular formula is C24H24O2. The second-order valence-corrected chi connectivity index (χ2v) is 7.38. The van der Waals surface area contributed by atoms with Gasteiger partial charge in [0.15, 0.2) is 0 Å². The molecule has 2 heteroatoms. The zero-order valence-corrected chi connectivity index (χ0v) is 14.8. The zero-order chi connectivity index (χ0) is 17.9. The maximum absolute atomic E-state index is 11.1. The van der Waals surface area contributed by atoms with Crippen molar-refractivity contribution < 1.29 is 9.84 Å².